The van der Waals surface area contributed by atoms with E-state index < -0.39 is 0 Å². The average Bonchev–Trinajstić information content (AvgIpc) is 2.87. The van der Waals surface area contributed by atoms with E-state index in [0.717, 1.165) is 41.4 Å². The van der Waals surface area contributed by atoms with Crippen LogP contribution in [-0.4, -0.2) is 23.1 Å². The number of hydrogen-bond acceptors (Lipinski definition) is 4. The van der Waals surface area contributed by atoms with E-state index >= 15 is 0 Å². The lowest BCUT2D eigenvalue weighted by Crippen LogP contribution is -2.21. The average molecular weight is 256 g/mol. The molecule has 2 N–H and O–H groups in total. The van der Waals surface area contributed by atoms with Gasteiger partial charge in [0.05, 0.1) is 5.52 Å². The Morgan fingerprint density at radius 1 is 1.37 bits per heavy atom. The third kappa shape index (κ3) is 2.35. The van der Waals surface area contributed by atoms with E-state index in [0.29, 0.717) is 0 Å². The number of nitrogens with zero attached hydrogens (tertiary/aromatic N) is 3. The van der Waals surface area contributed by atoms with Gasteiger partial charge in [-0.25, -0.2) is 9.97 Å². The highest BCUT2D eigenvalue weighted by molar-refractivity contribution is 5.91. The van der Waals surface area contributed by atoms with Crippen LogP contribution < -0.4 is 10.6 Å². The summed E-state index contributed by atoms with van der Waals surface area (Å²) < 4.78 is 0. The lowest BCUT2D eigenvalue weighted by Gasteiger charge is -2.19. The van der Waals surface area contributed by atoms with Crippen molar-refractivity contribution >= 4 is 22.4 Å². The first-order chi connectivity index (χ1) is 9.28. The van der Waals surface area contributed by atoms with Gasteiger partial charge in [0.1, 0.15) is 12.1 Å². The highest BCUT2D eigenvalue weighted by atomic mass is 15.2. The predicted molar refractivity (Wildman–Crippen MR) is 79.2 cm³/mol. The summed E-state index contributed by atoms with van der Waals surface area (Å²) in [7, 11) is 0. The number of fused-ring (bicyclic) bond motifs is 1. The van der Waals surface area contributed by atoms with E-state index in [9.17, 15) is 0 Å². The lowest BCUT2D eigenvalue weighted by atomic mass is 10.0. The van der Waals surface area contributed by atoms with Crippen LogP contribution in [0.15, 0.2) is 24.5 Å². The maximum atomic E-state index is 5.89. The minimum atomic E-state index is 0.771. The molecule has 0 spiro atoms. The topological polar surface area (TPSA) is 55.0 Å². The monoisotopic (exact) mass is 256 g/mol. The highest BCUT2D eigenvalue weighted by Crippen LogP contribution is 2.30. The highest BCUT2D eigenvalue weighted by Gasteiger charge is 2.24. The molecule has 1 fully saturated rings. The second kappa shape index (κ2) is 5.03. The van der Waals surface area contributed by atoms with Crippen LogP contribution in [0.4, 0.5) is 11.5 Å². The van der Waals surface area contributed by atoms with Crippen molar-refractivity contribution in [3.63, 3.8) is 0 Å². The van der Waals surface area contributed by atoms with Crippen molar-refractivity contribution in [2.45, 2.75) is 26.2 Å². The first-order valence-corrected chi connectivity index (χ1v) is 7.03. The number of rotatable bonds is 3. The molecule has 19 heavy (non-hydrogen) atoms. The number of nitrogens with two attached hydrogens (primary N) is 1. The van der Waals surface area contributed by atoms with Gasteiger partial charge in [-0.15, -0.1) is 0 Å². The van der Waals surface area contributed by atoms with Gasteiger partial charge in [-0.1, -0.05) is 13.3 Å². The third-order valence-corrected chi connectivity index (χ3v) is 3.92. The molecule has 1 aliphatic heterocycles. The van der Waals surface area contributed by atoms with Gasteiger partial charge in [0, 0.05) is 24.2 Å². The number of aromatic nitrogens is 2. The Bertz CT molecular complexity index is 581. The van der Waals surface area contributed by atoms with E-state index in [2.05, 4.69) is 21.8 Å². The third-order valence-electron chi connectivity index (χ3n) is 3.92. The van der Waals surface area contributed by atoms with Gasteiger partial charge in [0.2, 0.25) is 0 Å². The van der Waals surface area contributed by atoms with Crippen LogP contribution in [0.3, 0.4) is 0 Å². The largest absolute Gasteiger partial charge is 0.399 e. The Labute approximate surface area is 113 Å². The Morgan fingerprint density at radius 3 is 3.11 bits per heavy atom. The summed E-state index contributed by atoms with van der Waals surface area (Å²) in [6.45, 7) is 4.45. The number of nitrogen functional groups attached to an aromatic ring is 1. The summed E-state index contributed by atoms with van der Waals surface area (Å²) in [5.74, 6) is 1.84. The van der Waals surface area contributed by atoms with Crippen molar-refractivity contribution in [1.29, 1.82) is 0 Å². The van der Waals surface area contributed by atoms with Gasteiger partial charge >= 0.3 is 0 Å². The first kappa shape index (κ1) is 12.2. The molecule has 1 atom stereocenters. The minimum absolute atomic E-state index is 0.771. The Hall–Kier alpha value is -1.84. The molecule has 2 aromatic rings. The number of anilines is 2. The molecule has 1 aliphatic rings. The van der Waals surface area contributed by atoms with Crippen molar-refractivity contribution in [2.24, 2.45) is 5.92 Å². The van der Waals surface area contributed by atoms with E-state index in [4.69, 9.17) is 5.73 Å². The molecule has 1 aromatic carbocycles. The summed E-state index contributed by atoms with van der Waals surface area (Å²) in [6.07, 6.45) is 5.49. The van der Waals surface area contributed by atoms with Crippen LogP contribution in [0.5, 0.6) is 0 Å². The zero-order valence-corrected chi connectivity index (χ0v) is 11.3. The zero-order chi connectivity index (χ0) is 13.2. The molecule has 2 heterocycles. The molecular weight excluding hydrogens is 236 g/mol. The van der Waals surface area contributed by atoms with Crippen molar-refractivity contribution in [3.05, 3.63) is 24.5 Å². The van der Waals surface area contributed by atoms with Crippen molar-refractivity contribution in [2.75, 3.05) is 23.7 Å². The first-order valence-electron chi connectivity index (χ1n) is 7.03. The van der Waals surface area contributed by atoms with Crippen LogP contribution >= 0.6 is 0 Å². The van der Waals surface area contributed by atoms with Crippen LogP contribution in [0.2, 0.25) is 0 Å². The fourth-order valence-corrected chi connectivity index (χ4v) is 2.98. The van der Waals surface area contributed by atoms with E-state index in [-0.39, 0.29) is 0 Å². The van der Waals surface area contributed by atoms with Crippen molar-refractivity contribution in [3.8, 4) is 0 Å². The molecule has 1 saturated heterocycles. The summed E-state index contributed by atoms with van der Waals surface area (Å²) in [5, 5.41) is 1.07. The maximum absolute atomic E-state index is 5.89. The molecule has 4 nitrogen and oxygen atoms in total. The molecule has 0 radical (unpaired) electrons. The summed E-state index contributed by atoms with van der Waals surface area (Å²) >= 11 is 0. The summed E-state index contributed by atoms with van der Waals surface area (Å²) in [5.41, 5.74) is 7.63. The van der Waals surface area contributed by atoms with Gasteiger partial charge in [-0.3, -0.25) is 0 Å². The zero-order valence-electron chi connectivity index (χ0n) is 11.3. The number of benzene rings is 1. The Morgan fingerprint density at radius 2 is 2.26 bits per heavy atom. The Kier molecular flexibility index (Phi) is 3.23. The molecule has 0 bridgehead atoms. The molecule has 0 saturated carbocycles. The van der Waals surface area contributed by atoms with Crippen LogP contribution in [0.25, 0.3) is 10.9 Å². The molecule has 4 heteroatoms. The Balaban J connectivity index is 1.95. The second-order valence-corrected chi connectivity index (χ2v) is 5.36. The minimum Gasteiger partial charge on any atom is -0.399 e. The van der Waals surface area contributed by atoms with E-state index in [1.165, 1.54) is 19.3 Å². The van der Waals surface area contributed by atoms with Gasteiger partial charge in [-0.2, -0.15) is 0 Å². The van der Waals surface area contributed by atoms with Crippen LogP contribution in [-0.2, 0) is 0 Å². The fraction of sp³-hybridized carbons (Fsp3) is 0.467. The second-order valence-electron chi connectivity index (χ2n) is 5.36. The molecule has 100 valence electrons. The fourth-order valence-electron chi connectivity index (χ4n) is 2.98. The van der Waals surface area contributed by atoms with E-state index in [1.54, 1.807) is 6.33 Å². The van der Waals surface area contributed by atoms with Crippen molar-refractivity contribution < 1.29 is 0 Å². The smallest absolute Gasteiger partial charge is 0.139 e. The lowest BCUT2D eigenvalue weighted by molar-refractivity contribution is 0.529. The van der Waals surface area contributed by atoms with E-state index in [1.807, 2.05) is 18.2 Å². The summed E-state index contributed by atoms with van der Waals surface area (Å²) in [6, 6.07) is 5.84. The molecule has 1 unspecified atom stereocenters. The van der Waals surface area contributed by atoms with Crippen LogP contribution in [0.1, 0.15) is 26.2 Å². The summed E-state index contributed by atoms with van der Waals surface area (Å²) in [4.78, 5) is 11.2. The SMILES string of the molecule is CCCC1CCN(c2ncnc3ccc(N)cc23)C1. The van der Waals surface area contributed by atoms with Gasteiger partial charge < -0.3 is 10.6 Å². The standard InChI is InChI=1S/C15H20N4/c1-2-3-11-6-7-19(9-11)15-13-8-12(16)4-5-14(13)17-10-18-15/h4-5,8,10-11H,2-3,6-7,9,16H2,1H3. The molecular formula is C15H20N4. The molecule has 0 amide bonds. The normalized spacial score (nSPS) is 19.2. The predicted octanol–water partition coefficient (Wildman–Crippen LogP) is 2.84. The maximum Gasteiger partial charge on any atom is 0.139 e. The van der Waals surface area contributed by atoms with Crippen molar-refractivity contribution in [1.82, 2.24) is 9.97 Å². The van der Waals surface area contributed by atoms with Gasteiger partial charge in [0.25, 0.3) is 0 Å². The molecule has 3 rings (SSSR count). The molecule has 1 aromatic heterocycles. The number of hydrogen-bond donors (Lipinski definition) is 1. The quantitative estimate of drug-likeness (QED) is 0.858. The van der Waals surface area contributed by atoms with Gasteiger partial charge in [-0.05, 0) is 37.0 Å². The molecule has 0 aliphatic carbocycles. The van der Waals surface area contributed by atoms with Crippen LogP contribution in [0, 0.1) is 5.92 Å². The van der Waals surface area contributed by atoms with Gasteiger partial charge in [0.15, 0.2) is 0 Å².